The number of hydrogen-bond acceptors (Lipinski definition) is 5. The predicted molar refractivity (Wildman–Crippen MR) is 91.7 cm³/mol. The summed E-state index contributed by atoms with van der Waals surface area (Å²) in [7, 11) is -3.55. The van der Waals surface area contributed by atoms with Gasteiger partial charge in [-0.3, -0.25) is 4.90 Å². The molecule has 0 amide bonds. The van der Waals surface area contributed by atoms with E-state index in [-0.39, 0.29) is 17.3 Å². The summed E-state index contributed by atoms with van der Waals surface area (Å²) in [5.41, 5.74) is 0. The standard InChI is InChI=1S/C15H24N2O4S.ClH/c1-3-21-14-6-4-5-7-15(14)22(19,20)17-10-8-16(9-11-17)12-13(2)18;/h4-7,13,18H,3,8-12H2,1-2H3;1H. The van der Waals surface area contributed by atoms with Crippen LogP contribution < -0.4 is 4.74 Å². The number of benzene rings is 1. The Labute approximate surface area is 144 Å². The number of para-hydroxylation sites is 1. The Morgan fingerprint density at radius 2 is 1.83 bits per heavy atom. The fourth-order valence-corrected chi connectivity index (χ4v) is 4.16. The molecular weight excluding hydrogens is 340 g/mol. The number of aliphatic hydroxyl groups excluding tert-OH is 1. The predicted octanol–water partition coefficient (Wildman–Crippen LogP) is 1.19. The van der Waals surface area contributed by atoms with E-state index in [1.807, 2.05) is 6.92 Å². The van der Waals surface area contributed by atoms with E-state index >= 15 is 0 Å². The molecule has 1 aromatic carbocycles. The van der Waals surface area contributed by atoms with Crippen molar-refractivity contribution < 1.29 is 18.3 Å². The second-order valence-electron chi connectivity index (χ2n) is 5.43. The first-order valence-corrected chi connectivity index (χ1v) is 9.01. The van der Waals surface area contributed by atoms with Crippen molar-refractivity contribution in [2.45, 2.75) is 24.8 Å². The fraction of sp³-hybridized carbons (Fsp3) is 0.600. The maximum atomic E-state index is 12.8. The van der Waals surface area contributed by atoms with E-state index in [9.17, 15) is 13.5 Å². The molecule has 23 heavy (non-hydrogen) atoms. The summed E-state index contributed by atoms with van der Waals surface area (Å²) >= 11 is 0. The number of halogens is 1. The summed E-state index contributed by atoms with van der Waals surface area (Å²) < 4.78 is 32.5. The number of aliphatic hydroxyl groups is 1. The highest BCUT2D eigenvalue weighted by Gasteiger charge is 2.30. The zero-order valence-electron chi connectivity index (χ0n) is 13.5. The minimum absolute atomic E-state index is 0. The molecule has 1 heterocycles. The van der Waals surface area contributed by atoms with Crippen molar-refractivity contribution in [1.29, 1.82) is 0 Å². The van der Waals surface area contributed by atoms with Crippen molar-refractivity contribution in [3.8, 4) is 5.75 Å². The van der Waals surface area contributed by atoms with Crippen molar-refractivity contribution in [3.63, 3.8) is 0 Å². The van der Waals surface area contributed by atoms with Crippen LogP contribution in [0.25, 0.3) is 0 Å². The third kappa shape index (κ3) is 5.06. The van der Waals surface area contributed by atoms with E-state index in [4.69, 9.17) is 4.74 Å². The molecule has 1 atom stereocenters. The highest BCUT2D eigenvalue weighted by Crippen LogP contribution is 2.27. The molecule has 0 bridgehead atoms. The Balaban J connectivity index is 0.00000264. The van der Waals surface area contributed by atoms with Gasteiger partial charge in [0.05, 0.1) is 12.7 Å². The molecule has 2 rings (SSSR count). The maximum Gasteiger partial charge on any atom is 0.246 e. The van der Waals surface area contributed by atoms with Crippen LogP contribution in [0.5, 0.6) is 5.75 Å². The second-order valence-corrected chi connectivity index (χ2v) is 7.34. The van der Waals surface area contributed by atoms with Crippen molar-refractivity contribution in [1.82, 2.24) is 9.21 Å². The van der Waals surface area contributed by atoms with E-state index in [0.29, 0.717) is 45.1 Å². The first-order valence-electron chi connectivity index (χ1n) is 7.57. The van der Waals surface area contributed by atoms with Gasteiger partial charge >= 0.3 is 0 Å². The zero-order chi connectivity index (χ0) is 16.2. The van der Waals surface area contributed by atoms with Crippen molar-refractivity contribution in [3.05, 3.63) is 24.3 Å². The molecule has 1 unspecified atom stereocenters. The molecule has 8 heteroatoms. The monoisotopic (exact) mass is 364 g/mol. The number of rotatable bonds is 6. The summed E-state index contributed by atoms with van der Waals surface area (Å²) in [4.78, 5) is 2.30. The van der Waals surface area contributed by atoms with Gasteiger partial charge in [0.25, 0.3) is 0 Å². The van der Waals surface area contributed by atoms with Gasteiger partial charge in [-0.05, 0) is 26.0 Å². The molecule has 0 saturated carbocycles. The normalized spacial score (nSPS) is 18.2. The van der Waals surface area contributed by atoms with Gasteiger partial charge < -0.3 is 9.84 Å². The van der Waals surface area contributed by atoms with Gasteiger partial charge in [-0.1, -0.05) is 12.1 Å². The largest absolute Gasteiger partial charge is 0.492 e. The van der Waals surface area contributed by atoms with E-state index in [1.165, 1.54) is 4.31 Å². The summed E-state index contributed by atoms with van der Waals surface area (Å²) in [6, 6.07) is 6.74. The SMILES string of the molecule is CCOc1ccccc1S(=O)(=O)N1CCN(CC(C)O)CC1.Cl. The lowest BCUT2D eigenvalue weighted by molar-refractivity contribution is 0.103. The molecule has 1 aliphatic rings. The maximum absolute atomic E-state index is 12.8. The Hall–Kier alpha value is -0.860. The molecule has 1 fully saturated rings. The average Bonchev–Trinajstić information content (AvgIpc) is 2.48. The smallest absolute Gasteiger partial charge is 0.246 e. The summed E-state index contributed by atoms with van der Waals surface area (Å²) in [5.74, 6) is 0.399. The van der Waals surface area contributed by atoms with E-state index < -0.39 is 16.1 Å². The lowest BCUT2D eigenvalue weighted by Gasteiger charge is -2.34. The second kappa shape index (κ2) is 8.84. The van der Waals surface area contributed by atoms with Crippen molar-refractivity contribution in [2.24, 2.45) is 0 Å². The van der Waals surface area contributed by atoms with Crippen LogP contribution in [0, 0.1) is 0 Å². The molecular formula is C15H25ClN2O4S. The number of sulfonamides is 1. The minimum Gasteiger partial charge on any atom is -0.492 e. The molecule has 1 aliphatic heterocycles. The average molecular weight is 365 g/mol. The number of piperazine rings is 1. The molecule has 132 valence electrons. The molecule has 0 spiro atoms. The van der Waals surface area contributed by atoms with Gasteiger partial charge in [-0.2, -0.15) is 4.31 Å². The van der Waals surface area contributed by atoms with Crippen LogP contribution in [0.3, 0.4) is 0 Å². The number of β-amino-alcohol motifs (C(OH)–C–C–N with tert-alkyl or cyclic N) is 1. The number of hydrogen-bond donors (Lipinski definition) is 1. The van der Waals surface area contributed by atoms with Crippen LogP contribution in [0.1, 0.15) is 13.8 Å². The molecule has 1 aromatic rings. The molecule has 1 N–H and O–H groups in total. The van der Waals surface area contributed by atoms with Gasteiger partial charge in [0.2, 0.25) is 10.0 Å². The highest BCUT2D eigenvalue weighted by atomic mass is 35.5. The topological polar surface area (TPSA) is 70.1 Å². The minimum atomic E-state index is -3.55. The van der Waals surface area contributed by atoms with Crippen LogP contribution in [-0.2, 0) is 10.0 Å². The summed E-state index contributed by atoms with van der Waals surface area (Å²) in [6.45, 7) is 6.67. The van der Waals surface area contributed by atoms with E-state index in [1.54, 1.807) is 31.2 Å². The zero-order valence-corrected chi connectivity index (χ0v) is 15.1. The van der Waals surface area contributed by atoms with Crippen LogP contribution in [-0.4, -0.2) is 68.2 Å². The third-order valence-electron chi connectivity index (χ3n) is 3.62. The van der Waals surface area contributed by atoms with Gasteiger partial charge in [-0.15, -0.1) is 12.4 Å². The summed E-state index contributed by atoms with van der Waals surface area (Å²) in [6.07, 6.45) is -0.401. The Kier molecular flexibility index (Phi) is 7.76. The van der Waals surface area contributed by atoms with Gasteiger partial charge in [0, 0.05) is 32.7 Å². The van der Waals surface area contributed by atoms with Crippen LogP contribution in [0.4, 0.5) is 0 Å². The van der Waals surface area contributed by atoms with Gasteiger partial charge in [-0.25, -0.2) is 8.42 Å². The van der Waals surface area contributed by atoms with Crippen LogP contribution in [0.15, 0.2) is 29.2 Å². The third-order valence-corrected chi connectivity index (χ3v) is 5.56. The first-order chi connectivity index (χ1) is 10.4. The van der Waals surface area contributed by atoms with Crippen LogP contribution >= 0.6 is 12.4 Å². The van der Waals surface area contributed by atoms with Gasteiger partial charge in [0.15, 0.2) is 0 Å². The van der Waals surface area contributed by atoms with Crippen LogP contribution in [0.2, 0.25) is 0 Å². The van der Waals surface area contributed by atoms with E-state index in [2.05, 4.69) is 4.90 Å². The Morgan fingerprint density at radius 3 is 2.39 bits per heavy atom. The number of ether oxygens (including phenoxy) is 1. The quantitative estimate of drug-likeness (QED) is 0.821. The van der Waals surface area contributed by atoms with E-state index in [0.717, 1.165) is 0 Å². The molecule has 0 aromatic heterocycles. The highest BCUT2D eigenvalue weighted by molar-refractivity contribution is 7.89. The van der Waals surface area contributed by atoms with Crippen molar-refractivity contribution in [2.75, 3.05) is 39.3 Å². The Morgan fingerprint density at radius 1 is 1.22 bits per heavy atom. The lowest BCUT2D eigenvalue weighted by atomic mass is 10.3. The molecule has 0 radical (unpaired) electrons. The summed E-state index contributed by atoms with van der Waals surface area (Å²) in [5, 5.41) is 9.41. The number of nitrogens with zero attached hydrogens (tertiary/aromatic N) is 2. The fourth-order valence-electron chi connectivity index (χ4n) is 2.60. The van der Waals surface area contributed by atoms with Gasteiger partial charge in [0.1, 0.15) is 10.6 Å². The lowest BCUT2D eigenvalue weighted by Crippen LogP contribution is -2.50. The van der Waals surface area contributed by atoms with Crippen molar-refractivity contribution >= 4 is 22.4 Å². The molecule has 1 saturated heterocycles. The Bertz CT molecular complexity index is 587. The first kappa shape index (κ1) is 20.2. The molecule has 0 aliphatic carbocycles. The molecule has 6 nitrogen and oxygen atoms in total.